The second-order valence-corrected chi connectivity index (χ2v) is 8.60. The lowest BCUT2D eigenvalue weighted by molar-refractivity contribution is -0.135. The minimum atomic E-state index is -0.446. The summed E-state index contributed by atoms with van der Waals surface area (Å²) < 4.78 is 6.45. The molecular formula is C23H31N5O4. The van der Waals surface area contributed by atoms with E-state index in [9.17, 15) is 14.4 Å². The van der Waals surface area contributed by atoms with E-state index < -0.39 is 5.69 Å². The van der Waals surface area contributed by atoms with E-state index in [4.69, 9.17) is 4.74 Å². The van der Waals surface area contributed by atoms with Crippen molar-refractivity contribution in [3.8, 4) is 0 Å². The average molecular weight is 442 g/mol. The molecule has 1 aromatic heterocycles. The molecule has 1 aromatic carbocycles. The van der Waals surface area contributed by atoms with Crippen molar-refractivity contribution in [2.45, 2.75) is 19.4 Å². The van der Waals surface area contributed by atoms with Gasteiger partial charge in [-0.3, -0.25) is 19.1 Å². The molecule has 2 fully saturated rings. The maximum Gasteiger partial charge on any atom is 0.329 e. The molecule has 172 valence electrons. The number of amides is 1. The quantitative estimate of drug-likeness (QED) is 0.738. The van der Waals surface area contributed by atoms with Crippen molar-refractivity contribution in [1.29, 1.82) is 0 Å². The first kappa shape index (κ1) is 22.1. The van der Waals surface area contributed by atoms with Gasteiger partial charge in [0.2, 0.25) is 5.91 Å². The number of aromatic nitrogens is 2. The third kappa shape index (κ3) is 4.88. The molecule has 2 saturated heterocycles. The van der Waals surface area contributed by atoms with Crippen molar-refractivity contribution in [1.82, 2.24) is 14.5 Å². The van der Waals surface area contributed by atoms with Gasteiger partial charge >= 0.3 is 5.69 Å². The van der Waals surface area contributed by atoms with Crippen molar-refractivity contribution in [3.63, 3.8) is 0 Å². The van der Waals surface area contributed by atoms with Crippen LogP contribution in [-0.2, 0) is 23.1 Å². The zero-order chi connectivity index (χ0) is 22.7. The van der Waals surface area contributed by atoms with Gasteiger partial charge in [0.25, 0.3) is 5.56 Å². The first-order chi connectivity index (χ1) is 15.4. The van der Waals surface area contributed by atoms with Crippen LogP contribution in [0.3, 0.4) is 0 Å². The van der Waals surface area contributed by atoms with Crippen LogP contribution in [0.2, 0.25) is 0 Å². The summed E-state index contributed by atoms with van der Waals surface area (Å²) in [7, 11) is 3.27. The smallest absolute Gasteiger partial charge is 0.329 e. The van der Waals surface area contributed by atoms with Crippen LogP contribution in [0.1, 0.15) is 18.4 Å². The Kier molecular flexibility index (Phi) is 6.64. The lowest BCUT2D eigenvalue weighted by atomic mass is 9.96. The Morgan fingerprint density at radius 1 is 1.12 bits per heavy atom. The van der Waals surface area contributed by atoms with E-state index >= 15 is 0 Å². The van der Waals surface area contributed by atoms with Crippen molar-refractivity contribution in [3.05, 3.63) is 56.7 Å². The summed E-state index contributed by atoms with van der Waals surface area (Å²) in [4.78, 5) is 45.8. The summed E-state index contributed by atoms with van der Waals surface area (Å²) in [5.74, 6) is 0.393. The third-order valence-corrected chi connectivity index (χ3v) is 6.35. The Labute approximate surface area is 187 Å². The summed E-state index contributed by atoms with van der Waals surface area (Å²) in [6.45, 7) is 5.04. The third-order valence-electron chi connectivity index (χ3n) is 6.35. The van der Waals surface area contributed by atoms with Crippen LogP contribution in [-0.4, -0.2) is 66.8 Å². The van der Waals surface area contributed by atoms with Crippen LogP contribution in [0.15, 0.2) is 39.9 Å². The van der Waals surface area contributed by atoms with Gasteiger partial charge in [-0.2, -0.15) is 0 Å². The number of piperidine rings is 1. The fraction of sp³-hybridized carbons (Fsp3) is 0.522. The Bertz CT molecular complexity index is 1020. The molecule has 9 nitrogen and oxygen atoms in total. The number of nitrogens with zero attached hydrogens (tertiary/aromatic N) is 4. The fourth-order valence-corrected chi connectivity index (χ4v) is 4.41. The van der Waals surface area contributed by atoms with Gasteiger partial charge in [0.15, 0.2) is 0 Å². The molecule has 0 saturated carbocycles. The predicted octanol–water partition coefficient (Wildman–Crippen LogP) is 0.785. The van der Waals surface area contributed by atoms with E-state index in [1.807, 2.05) is 11.9 Å². The molecule has 2 aliphatic rings. The number of anilines is 2. The lowest BCUT2D eigenvalue weighted by Crippen LogP contribution is -2.45. The highest BCUT2D eigenvalue weighted by atomic mass is 16.5. The molecule has 2 aliphatic heterocycles. The number of nitrogens with one attached hydrogen (secondary N) is 1. The molecule has 2 aromatic rings. The number of hydrogen-bond donors (Lipinski definition) is 1. The minimum Gasteiger partial charge on any atom is -0.378 e. The van der Waals surface area contributed by atoms with Gasteiger partial charge in [0.1, 0.15) is 5.82 Å². The summed E-state index contributed by atoms with van der Waals surface area (Å²) in [5, 5.41) is 0. The Morgan fingerprint density at radius 3 is 2.53 bits per heavy atom. The summed E-state index contributed by atoms with van der Waals surface area (Å²) >= 11 is 0. The Balaban J connectivity index is 1.38. The number of morpholine rings is 1. The maximum atomic E-state index is 13.1. The van der Waals surface area contributed by atoms with Gasteiger partial charge in [-0.15, -0.1) is 0 Å². The first-order valence-electron chi connectivity index (χ1n) is 11.1. The molecule has 1 N–H and O–H groups in total. The monoisotopic (exact) mass is 441 g/mol. The van der Waals surface area contributed by atoms with Gasteiger partial charge in [-0.05, 0) is 30.5 Å². The van der Waals surface area contributed by atoms with Gasteiger partial charge in [0, 0.05) is 58.6 Å². The van der Waals surface area contributed by atoms with Crippen LogP contribution in [0.4, 0.5) is 11.5 Å². The molecule has 0 spiro atoms. The van der Waals surface area contributed by atoms with Crippen LogP contribution in [0.5, 0.6) is 0 Å². The molecule has 32 heavy (non-hydrogen) atoms. The highest BCUT2D eigenvalue weighted by molar-refractivity contribution is 5.79. The van der Waals surface area contributed by atoms with Crippen molar-refractivity contribution in [2.75, 3.05) is 56.2 Å². The molecule has 1 amide bonds. The van der Waals surface area contributed by atoms with Gasteiger partial charge < -0.3 is 19.4 Å². The highest BCUT2D eigenvalue weighted by Crippen LogP contribution is 2.23. The van der Waals surface area contributed by atoms with Gasteiger partial charge in [-0.1, -0.05) is 12.1 Å². The Hall–Kier alpha value is -3.07. The standard InChI is InChI=1S/C23H31N5O4/c1-25(15-17-5-7-19(8-6-17)27-10-12-32-13-11-27)22(30)18-4-3-9-28(16-18)20-14-21(29)26(2)23(31)24-20/h5-8,14,18H,3-4,9-13,15-16H2,1-2H3,(H,24,31). The Morgan fingerprint density at radius 2 is 1.84 bits per heavy atom. The zero-order valence-electron chi connectivity index (χ0n) is 18.7. The van der Waals surface area contributed by atoms with Gasteiger partial charge in [-0.25, -0.2) is 4.79 Å². The van der Waals surface area contributed by atoms with Gasteiger partial charge in [0.05, 0.1) is 19.1 Å². The number of H-pyrrole nitrogens is 1. The van der Waals surface area contributed by atoms with E-state index in [1.165, 1.54) is 18.8 Å². The SMILES string of the molecule is CN(Cc1ccc(N2CCOCC2)cc1)C(=O)C1CCCN(c2cc(=O)n(C)c(=O)[nH]2)C1. The van der Waals surface area contributed by atoms with E-state index in [-0.39, 0.29) is 17.4 Å². The molecule has 4 rings (SSSR count). The average Bonchev–Trinajstić information content (AvgIpc) is 2.83. The van der Waals surface area contributed by atoms with Crippen LogP contribution in [0, 0.1) is 5.92 Å². The van der Waals surface area contributed by atoms with Crippen molar-refractivity contribution >= 4 is 17.4 Å². The number of hydrogen-bond acceptors (Lipinski definition) is 6. The van der Waals surface area contributed by atoms with E-state index in [1.54, 1.807) is 4.90 Å². The second-order valence-electron chi connectivity index (χ2n) is 8.60. The number of carbonyl (C=O) groups is 1. The van der Waals surface area contributed by atoms with Crippen molar-refractivity contribution in [2.24, 2.45) is 13.0 Å². The summed E-state index contributed by atoms with van der Waals surface area (Å²) in [5.41, 5.74) is 1.46. The molecule has 3 heterocycles. The summed E-state index contributed by atoms with van der Waals surface area (Å²) in [6.07, 6.45) is 1.63. The van der Waals surface area contributed by atoms with Crippen molar-refractivity contribution < 1.29 is 9.53 Å². The normalized spacial score (nSPS) is 19.1. The van der Waals surface area contributed by atoms with E-state index in [2.05, 4.69) is 34.1 Å². The molecule has 9 heteroatoms. The molecule has 1 unspecified atom stereocenters. The number of rotatable bonds is 5. The fourth-order valence-electron chi connectivity index (χ4n) is 4.41. The highest BCUT2D eigenvalue weighted by Gasteiger charge is 2.29. The van der Waals surface area contributed by atoms with E-state index in [0.717, 1.165) is 49.3 Å². The largest absolute Gasteiger partial charge is 0.378 e. The molecule has 0 bridgehead atoms. The van der Waals surface area contributed by atoms with Crippen LogP contribution in [0.25, 0.3) is 0 Å². The van der Waals surface area contributed by atoms with E-state index in [0.29, 0.717) is 25.5 Å². The second kappa shape index (κ2) is 9.60. The number of carbonyl (C=O) groups excluding carboxylic acids is 1. The first-order valence-corrected chi connectivity index (χ1v) is 11.1. The number of ether oxygens (including phenoxy) is 1. The lowest BCUT2D eigenvalue weighted by Gasteiger charge is -2.35. The van der Waals surface area contributed by atoms with Crippen LogP contribution < -0.4 is 21.0 Å². The summed E-state index contributed by atoms with van der Waals surface area (Å²) in [6, 6.07) is 9.79. The zero-order valence-corrected chi connectivity index (χ0v) is 18.7. The molecule has 0 aliphatic carbocycles. The predicted molar refractivity (Wildman–Crippen MR) is 123 cm³/mol. The van der Waals surface area contributed by atoms with Crippen LogP contribution >= 0.6 is 0 Å². The number of aromatic amines is 1. The molecule has 1 atom stereocenters. The topological polar surface area (TPSA) is 90.9 Å². The molecule has 0 radical (unpaired) electrons. The maximum absolute atomic E-state index is 13.1. The molecular weight excluding hydrogens is 410 g/mol. The number of benzene rings is 1. The minimum absolute atomic E-state index is 0.0816.